The molecule has 2 saturated carbocycles. The van der Waals surface area contributed by atoms with Crippen LogP contribution in [0.2, 0.25) is 18.1 Å². The average molecular weight is 325 g/mol. The minimum atomic E-state index is -1.84. The molecule has 0 saturated heterocycles. The summed E-state index contributed by atoms with van der Waals surface area (Å²) in [6, 6.07) is 0. The van der Waals surface area contributed by atoms with Crippen molar-refractivity contribution in [3.63, 3.8) is 0 Å². The van der Waals surface area contributed by atoms with Crippen LogP contribution in [0.3, 0.4) is 0 Å². The van der Waals surface area contributed by atoms with E-state index in [1.54, 1.807) is 0 Å². The SMILES string of the molecule is C/C=C(\OC1CC2CCC1(C)C2(C)C)O[Si](C)(C)C(C)(C)C. The molecule has 0 spiro atoms. The molecule has 0 aliphatic heterocycles. The minimum absolute atomic E-state index is 0.197. The lowest BCUT2D eigenvalue weighted by atomic mass is 9.70. The summed E-state index contributed by atoms with van der Waals surface area (Å²) in [6.07, 6.45) is 6.14. The summed E-state index contributed by atoms with van der Waals surface area (Å²) in [5, 5.41) is 0.197. The fourth-order valence-corrected chi connectivity index (χ4v) is 4.98. The third-order valence-electron chi connectivity index (χ3n) is 7.37. The van der Waals surface area contributed by atoms with Crippen molar-refractivity contribution in [2.45, 2.75) is 92.0 Å². The first-order valence-electron chi connectivity index (χ1n) is 8.87. The molecule has 2 aliphatic carbocycles. The Morgan fingerprint density at radius 2 is 1.77 bits per heavy atom. The van der Waals surface area contributed by atoms with Crippen molar-refractivity contribution in [2.24, 2.45) is 16.7 Å². The molecule has 0 aromatic carbocycles. The lowest BCUT2D eigenvalue weighted by Crippen LogP contribution is -2.42. The van der Waals surface area contributed by atoms with Gasteiger partial charge in [0.05, 0.1) is 0 Å². The highest BCUT2D eigenvalue weighted by atomic mass is 28.4. The van der Waals surface area contributed by atoms with E-state index in [1.807, 2.05) is 13.0 Å². The van der Waals surface area contributed by atoms with Crippen LogP contribution < -0.4 is 0 Å². The lowest BCUT2D eigenvalue weighted by Gasteiger charge is -2.41. The van der Waals surface area contributed by atoms with Gasteiger partial charge in [-0.2, -0.15) is 0 Å². The molecule has 2 nitrogen and oxygen atoms in total. The summed E-state index contributed by atoms with van der Waals surface area (Å²) >= 11 is 0. The van der Waals surface area contributed by atoms with Crippen LogP contribution in [0.4, 0.5) is 0 Å². The van der Waals surface area contributed by atoms with E-state index < -0.39 is 8.32 Å². The maximum atomic E-state index is 6.44. The largest absolute Gasteiger partial charge is 0.519 e. The molecule has 0 aromatic heterocycles. The monoisotopic (exact) mass is 324 g/mol. The highest BCUT2D eigenvalue weighted by Crippen LogP contribution is 2.66. The Morgan fingerprint density at radius 3 is 2.14 bits per heavy atom. The predicted molar refractivity (Wildman–Crippen MR) is 96.1 cm³/mol. The molecule has 0 N–H and O–H groups in total. The van der Waals surface area contributed by atoms with E-state index >= 15 is 0 Å². The van der Waals surface area contributed by atoms with Gasteiger partial charge in [-0.15, -0.1) is 0 Å². The summed E-state index contributed by atoms with van der Waals surface area (Å²) in [5.41, 5.74) is 0.663. The maximum absolute atomic E-state index is 6.44. The minimum Gasteiger partial charge on any atom is -0.519 e. The normalized spacial score (nSPS) is 34.9. The van der Waals surface area contributed by atoms with Gasteiger partial charge in [0.25, 0.3) is 14.3 Å². The van der Waals surface area contributed by atoms with Gasteiger partial charge in [0.1, 0.15) is 6.10 Å². The molecule has 0 heterocycles. The Kier molecular flexibility index (Phi) is 4.30. The van der Waals surface area contributed by atoms with E-state index in [9.17, 15) is 0 Å². The second-order valence-electron chi connectivity index (χ2n) is 9.69. The summed E-state index contributed by atoms with van der Waals surface area (Å²) in [4.78, 5) is 0. The fraction of sp³-hybridized carbons (Fsp3) is 0.895. The van der Waals surface area contributed by atoms with E-state index in [2.05, 4.69) is 54.6 Å². The molecule has 3 heteroatoms. The first kappa shape index (κ1) is 17.9. The van der Waals surface area contributed by atoms with Gasteiger partial charge in [-0.1, -0.05) is 41.5 Å². The van der Waals surface area contributed by atoms with E-state index in [0.29, 0.717) is 11.5 Å². The van der Waals surface area contributed by atoms with Crippen LogP contribution >= 0.6 is 0 Å². The third kappa shape index (κ3) is 2.63. The number of fused-ring (bicyclic) bond motifs is 2. The zero-order valence-corrected chi connectivity index (χ0v) is 17.2. The van der Waals surface area contributed by atoms with Crippen LogP contribution in [0, 0.1) is 16.7 Å². The molecule has 0 radical (unpaired) electrons. The van der Waals surface area contributed by atoms with E-state index in [4.69, 9.17) is 9.16 Å². The Morgan fingerprint density at radius 1 is 1.18 bits per heavy atom. The van der Waals surface area contributed by atoms with Crippen LogP contribution in [-0.4, -0.2) is 14.4 Å². The van der Waals surface area contributed by atoms with Crippen molar-refractivity contribution in [3.05, 3.63) is 12.0 Å². The summed E-state index contributed by atoms with van der Waals surface area (Å²) < 4.78 is 12.8. The molecule has 2 aliphatic rings. The second-order valence-corrected chi connectivity index (χ2v) is 14.4. The van der Waals surface area contributed by atoms with Crippen molar-refractivity contribution < 1.29 is 9.16 Å². The number of allylic oxidation sites excluding steroid dienone is 1. The number of rotatable bonds is 4. The predicted octanol–water partition coefficient (Wildman–Crippen LogP) is 6.10. The van der Waals surface area contributed by atoms with Crippen LogP contribution in [0.5, 0.6) is 0 Å². The first-order chi connectivity index (χ1) is 9.85. The van der Waals surface area contributed by atoms with Crippen LogP contribution in [-0.2, 0) is 9.16 Å². The molecule has 128 valence electrons. The van der Waals surface area contributed by atoms with Crippen LogP contribution in [0.1, 0.15) is 67.7 Å². The zero-order chi connectivity index (χ0) is 17.0. The molecule has 22 heavy (non-hydrogen) atoms. The van der Waals surface area contributed by atoms with Crippen molar-refractivity contribution in [3.8, 4) is 0 Å². The van der Waals surface area contributed by atoms with Gasteiger partial charge >= 0.3 is 0 Å². The lowest BCUT2D eigenvalue weighted by molar-refractivity contribution is -0.0484. The quantitative estimate of drug-likeness (QED) is 0.459. The molecule has 0 aromatic rings. The number of hydrogen-bond donors (Lipinski definition) is 0. The Labute approximate surface area is 138 Å². The molecule has 3 unspecified atom stereocenters. The van der Waals surface area contributed by atoms with Crippen molar-refractivity contribution in [2.75, 3.05) is 0 Å². The summed E-state index contributed by atoms with van der Waals surface area (Å²) in [5.74, 6) is 1.56. The first-order valence-corrected chi connectivity index (χ1v) is 11.8. The molecule has 0 amide bonds. The van der Waals surface area contributed by atoms with E-state index in [1.165, 1.54) is 19.3 Å². The summed E-state index contributed by atoms with van der Waals surface area (Å²) in [7, 11) is -1.84. The molecule has 2 fully saturated rings. The van der Waals surface area contributed by atoms with E-state index in [-0.39, 0.29) is 10.5 Å². The number of ether oxygens (including phenoxy) is 1. The Balaban J connectivity index is 2.11. The standard InChI is InChI=1S/C19H36O2Si/c1-10-16(21-22(8,9)17(2,3)4)20-15-13-14-11-12-19(15,7)18(14,5)6/h10,14-15H,11-13H2,1-9H3/b16-10+. The summed E-state index contributed by atoms with van der Waals surface area (Å²) in [6.45, 7) is 20.7. The highest BCUT2D eigenvalue weighted by Gasteiger charge is 2.62. The van der Waals surface area contributed by atoms with Gasteiger partial charge < -0.3 is 9.16 Å². The molecule has 3 atom stereocenters. The maximum Gasteiger partial charge on any atom is 0.261 e. The Bertz CT molecular complexity index is 459. The van der Waals surface area contributed by atoms with Crippen LogP contribution in [0.15, 0.2) is 12.0 Å². The topological polar surface area (TPSA) is 18.5 Å². The molecular weight excluding hydrogens is 288 g/mol. The van der Waals surface area contributed by atoms with Crippen molar-refractivity contribution in [1.29, 1.82) is 0 Å². The second kappa shape index (κ2) is 5.29. The molecule has 2 bridgehead atoms. The average Bonchev–Trinajstić information content (AvgIpc) is 2.69. The molecule has 2 rings (SSSR count). The van der Waals surface area contributed by atoms with Crippen molar-refractivity contribution >= 4 is 8.32 Å². The number of hydrogen-bond acceptors (Lipinski definition) is 2. The van der Waals surface area contributed by atoms with Gasteiger partial charge in [0, 0.05) is 5.41 Å². The van der Waals surface area contributed by atoms with E-state index in [0.717, 1.165) is 11.9 Å². The molecular formula is C19H36O2Si. The van der Waals surface area contributed by atoms with Gasteiger partial charge in [-0.3, -0.25) is 0 Å². The van der Waals surface area contributed by atoms with Gasteiger partial charge in [-0.25, -0.2) is 0 Å². The van der Waals surface area contributed by atoms with Gasteiger partial charge in [0.15, 0.2) is 0 Å². The zero-order valence-electron chi connectivity index (χ0n) is 16.2. The fourth-order valence-electron chi connectivity index (χ4n) is 4.00. The smallest absolute Gasteiger partial charge is 0.261 e. The van der Waals surface area contributed by atoms with Gasteiger partial charge in [-0.05, 0) is 61.7 Å². The third-order valence-corrected chi connectivity index (χ3v) is 11.7. The van der Waals surface area contributed by atoms with Crippen molar-refractivity contribution in [1.82, 2.24) is 0 Å². The van der Waals surface area contributed by atoms with Crippen LogP contribution in [0.25, 0.3) is 0 Å². The highest BCUT2D eigenvalue weighted by molar-refractivity contribution is 6.74. The Hall–Kier alpha value is -0.443. The van der Waals surface area contributed by atoms with Gasteiger partial charge in [0.2, 0.25) is 0 Å².